The fourth-order valence-electron chi connectivity index (χ4n) is 2.03. The highest BCUT2D eigenvalue weighted by Gasteiger charge is 2.09. The van der Waals surface area contributed by atoms with Gasteiger partial charge in [-0.25, -0.2) is 0 Å². The molecule has 0 aliphatic heterocycles. The van der Waals surface area contributed by atoms with Crippen LogP contribution in [0, 0.1) is 0 Å². The van der Waals surface area contributed by atoms with Crippen LogP contribution in [0.2, 0.25) is 0 Å². The van der Waals surface area contributed by atoms with Gasteiger partial charge < -0.3 is 15.4 Å². The molecule has 4 heteroatoms. The summed E-state index contributed by atoms with van der Waals surface area (Å²) in [5.74, 6) is 0. The lowest BCUT2D eigenvalue weighted by Crippen LogP contribution is -2.24. The molecule has 4 nitrogen and oxygen atoms in total. The summed E-state index contributed by atoms with van der Waals surface area (Å²) in [5, 5.41) is 0.997. The molecule has 2 aromatic rings. The highest BCUT2D eigenvalue weighted by Crippen LogP contribution is 2.28. The highest BCUT2D eigenvalue weighted by atomic mass is 16.5. The van der Waals surface area contributed by atoms with E-state index >= 15 is 0 Å². The molecule has 0 unspecified atom stereocenters. The van der Waals surface area contributed by atoms with Crippen molar-refractivity contribution in [2.75, 3.05) is 30.8 Å². The van der Waals surface area contributed by atoms with Crippen molar-refractivity contribution in [3.63, 3.8) is 0 Å². The average Bonchev–Trinajstić information content (AvgIpc) is 2.39. The molecule has 0 bridgehead atoms. The third kappa shape index (κ3) is 3.15. The van der Waals surface area contributed by atoms with E-state index in [1.54, 1.807) is 6.20 Å². The van der Waals surface area contributed by atoms with Crippen molar-refractivity contribution in [2.24, 2.45) is 0 Å². The van der Waals surface area contributed by atoms with E-state index in [1.165, 1.54) is 0 Å². The molecule has 0 saturated carbocycles. The number of nitrogen functional groups attached to an aromatic ring is 1. The maximum atomic E-state index is 5.98. The number of nitrogens with zero attached hydrogens (tertiary/aromatic N) is 2. The Balaban J connectivity index is 2.22. The number of rotatable bonds is 5. The monoisotopic (exact) mass is 259 g/mol. The first kappa shape index (κ1) is 13.6. The number of ether oxygens (including phenoxy) is 1. The molecule has 0 spiro atoms. The molecule has 0 atom stereocenters. The first-order valence-corrected chi connectivity index (χ1v) is 6.55. The predicted molar refractivity (Wildman–Crippen MR) is 80.5 cm³/mol. The van der Waals surface area contributed by atoms with Crippen molar-refractivity contribution in [1.82, 2.24) is 4.98 Å². The Morgan fingerprint density at radius 1 is 1.32 bits per heavy atom. The first-order chi connectivity index (χ1) is 9.09. The molecule has 2 N–H and O–H groups in total. The van der Waals surface area contributed by atoms with Crippen molar-refractivity contribution >= 4 is 22.3 Å². The van der Waals surface area contributed by atoms with Crippen molar-refractivity contribution in [2.45, 2.75) is 20.0 Å². The molecule has 0 fully saturated rings. The van der Waals surface area contributed by atoms with Crippen LogP contribution in [0.15, 0.2) is 30.5 Å². The molecule has 1 aromatic heterocycles. The topological polar surface area (TPSA) is 51.4 Å². The minimum Gasteiger partial charge on any atom is -0.398 e. The molecule has 102 valence electrons. The fourth-order valence-corrected chi connectivity index (χ4v) is 2.03. The van der Waals surface area contributed by atoms with Crippen LogP contribution >= 0.6 is 0 Å². The Morgan fingerprint density at radius 3 is 2.84 bits per heavy atom. The van der Waals surface area contributed by atoms with Crippen LogP contribution in [0.25, 0.3) is 10.9 Å². The van der Waals surface area contributed by atoms with Gasteiger partial charge in [-0.05, 0) is 38.1 Å². The molecule has 0 aliphatic rings. The summed E-state index contributed by atoms with van der Waals surface area (Å²) in [4.78, 5) is 6.59. The molecule has 0 saturated heterocycles. The summed E-state index contributed by atoms with van der Waals surface area (Å²) >= 11 is 0. The maximum absolute atomic E-state index is 5.98. The van der Waals surface area contributed by atoms with Gasteiger partial charge in [-0.15, -0.1) is 0 Å². The molecule has 1 aromatic carbocycles. The SMILES string of the molecule is CC(C)OCCN(C)c1ccc(N)c2cccnc12. The molecular formula is C15H21N3O. The van der Waals surface area contributed by atoms with Crippen molar-refractivity contribution in [1.29, 1.82) is 0 Å². The zero-order chi connectivity index (χ0) is 13.8. The van der Waals surface area contributed by atoms with Crippen molar-refractivity contribution in [3.05, 3.63) is 30.5 Å². The van der Waals surface area contributed by atoms with Crippen LogP contribution in [0.1, 0.15) is 13.8 Å². The first-order valence-electron chi connectivity index (χ1n) is 6.55. The lowest BCUT2D eigenvalue weighted by Gasteiger charge is -2.21. The molecule has 19 heavy (non-hydrogen) atoms. The molecule has 0 aliphatic carbocycles. The smallest absolute Gasteiger partial charge is 0.0955 e. The van der Waals surface area contributed by atoms with E-state index in [9.17, 15) is 0 Å². The second-order valence-corrected chi connectivity index (χ2v) is 4.91. The zero-order valence-electron chi connectivity index (χ0n) is 11.8. The van der Waals surface area contributed by atoms with Gasteiger partial charge in [-0.3, -0.25) is 4.98 Å². The molecule has 0 radical (unpaired) electrons. The third-order valence-corrected chi connectivity index (χ3v) is 3.07. The molecule has 2 rings (SSSR count). The number of aromatic nitrogens is 1. The number of anilines is 2. The van der Waals surface area contributed by atoms with Crippen LogP contribution in [-0.4, -0.2) is 31.3 Å². The number of likely N-dealkylation sites (N-methyl/N-ethyl adjacent to an activating group) is 1. The van der Waals surface area contributed by atoms with Gasteiger partial charge in [-0.1, -0.05) is 0 Å². The Hall–Kier alpha value is -1.81. The lowest BCUT2D eigenvalue weighted by molar-refractivity contribution is 0.0846. The molecular weight excluding hydrogens is 238 g/mol. The Bertz CT molecular complexity index is 554. The number of nitrogens with two attached hydrogens (primary N) is 1. The molecule has 0 amide bonds. The van der Waals surface area contributed by atoms with Crippen molar-refractivity contribution < 1.29 is 4.74 Å². The Labute approximate surface area is 114 Å². The van der Waals surface area contributed by atoms with E-state index in [0.29, 0.717) is 6.61 Å². The van der Waals surface area contributed by atoms with Crippen LogP contribution in [0.3, 0.4) is 0 Å². The number of pyridine rings is 1. The summed E-state index contributed by atoms with van der Waals surface area (Å²) in [7, 11) is 2.04. The van der Waals surface area contributed by atoms with E-state index in [-0.39, 0.29) is 6.10 Å². The standard InChI is InChI=1S/C15H21N3O/c1-11(2)19-10-9-18(3)14-7-6-13(16)12-5-4-8-17-15(12)14/h4-8,11H,9-10,16H2,1-3H3. The second-order valence-electron chi connectivity index (χ2n) is 4.91. The van der Waals surface area contributed by atoms with E-state index in [4.69, 9.17) is 10.5 Å². The number of fused-ring (bicyclic) bond motifs is 1. The Morgan fingerprint density at radius 2 is 2.11 bits per heavy atom. The Kier molecular flexibility index (Phi) is 4.22. The van der Waals surface area contributed by atoms with E-state index in [2.05, 4.69) is 9.88 Å². The minimum absolute atomic E-state index is 0.259. The van der Waals surface area contributed by atoms with Crippen LogP contribution in [0.4, 0.5) is 11.4 Å². The summed E-state index contributed by atoms with van der Waals surface area (Å²) in [6.07, 6.45) is 2.05. The van der Waals surface area contributed by atoms with Gasteiger partial charge >= 0.3 is 0 Å². The fraction of sp³-hybridized carbons (Fsp3) is 0.400. The quantitative estimate of drug-likeness (QED) is 0.839. The summed E-state index contributed by atoms with van der Waals surface area (Å²) in [5.41, 5.74) is 8.76. The van der Waals surface area contributed by atoms with Crippen LogP contribution in [0.5, 0.6) is 0 Å². The van der Waals surface area contributed by atoms with E-state index in [0.717, 1.165) is 28.8 Å². The van der Waals surface area contributed by atoms with E-state index < -0.39 is 0 Å². The van der Waals surface area contributed by atoms with Gasteiger partial charge in [0.05, 0.1) is 23.9 Å². The van der Waals surface area contributed by atoms with Gasteiger partial charge in [0, 0.05) is 30.9 Å². The maximum Gasteiger partial charge on any atom is 0.0955 e. The van der Waals surface area contributed by atoms with E-state index in [1.807, 2.05) is 45.2 Å². The summed E-state index contributed by atoms with van der Waals surface area (Å²) in [6, 6.07) is 7.85. The van der Waals surface area contributed by atoms with Crippen LogP contribution in [-0.2, 0) is 4.74 Å². The largest absolute Gasteiger partial charge is 0.398 e. The van der Waals surface area contributed by atoms with Gasteiger partial charge in [0.25, 0.3) is 0 Å². The normalized spacial score (nSPS) is 11.2. The number of benzene rings is 1. The summed E-state index contributed by atoms with van der Waals surface area (Å²) < 4.78 is 5.58. The third-order valence-electron chi connectivity index (χ3n) is 3.07. The minimum atomic E-state index is 0.259. The van der Waals surface area contributed by atoms with Crippen LogP contribution < -0.4 is 10.6 Å². The second kappa shape index (κ2) is 5.89. The average molecular weight is 259 g/mol. The van der Waals surface area contributed by atoms with Gasteiger partial charge in [0.1, 0.15) is 0 Å². The van der Waals surface area contributed by atoms with Gasteiger partial charge in [0.2, 0.25) is 0 Å². The van der Waals surface area contributed by atoms with Gasteiger partial charge in [0.15, 0.2) is 0 Å². The predicted octanol–water partition coefficient (Wildman–Crippen LogP) is 2.68. The van der Waals surface area contributed by atoms with Gasteiger partial charge in [-0.2, -0.15) is 0 Å². The lowest BCUT2D eigenvalue weighted by atomic mass is 10.1. The number of hydrogen-bond acceptors (Lipinski definition) is 4. The highest BCUT2D eigenvalue weighted by molar-refractivity contribution is 5.98. The number of hydrogen-bond donors (Lipinski definition) is 1. The zero-order valence-corrected chi connectivity index (χ0v) is 11.8. The van der Waals surface area contributed by atoms with Crippen molar-refractivity contribution in [3.8, 4) is 0 Å². The summed E-state index contributed by atoms with van der Waals surface area (Å²) in [6.45, 7) is 5.61. The molecule has 1 heterocycles.